The van der Waals surface area contributed by atoms with E-state index < -0.39 is 4.92 Å². The fourth-order valence-corrected chi connectivity index (χ4v) is 4.59. The average molecular weight is 369 g/mol. The molecule has 2 aromatic carbocycles. The largest absolute Gasteiger partial charge is 0.294 e. The molecule has 1 unspecified atom stereocenters. The van der Waals surface area contributed by atoms with Gasteiger partial charge in [-0.3, -0.25) is 14.9 Å². The van der Waals surface area contributed by atoms with Crippen molar-refractivity contribution < 1.29 is 9.72 Å². The van der Waals surface area contributed by atoms with Gasteiger partial charge in [-0.05, 0) is 17.0 Å². The maximum absolute atomic E-state index is 12.6. The molecule has 0 bridgehead atoms. The highest BCUT2D eigenvalue weighted by atomic mass is 32.2. The molecule has 0 amide bonds. The minimum absolute atomic E-state index is 0.0289. The van der Waals surface area contributed by atoms with E-state index in [9.17, 15) is 14.9 Å². The maximum atomic E-state index is 12.6. The first-order valence-corrected chi connectivity index (χ1v) is 9.42. The first-order chi connectivity index (χ1) is 12.1. The first-order valence-electron chi connectivity index (χ1n) is 7.66. The highest BCUT2D eigenvalue weighted by Crippen LogP contribution is 2.41. The van der Waals surface area contributed by atoms with Gasteiger partial charge in [0.2, 0.25) is 0 Å². The molecule has 3 rings (SSSR count). The Bertz CT molecular complexity index is 863. The number of hydrogen-bond acceptors (Lipinski definition) is 5. The van der Waals surface area contributed by atoms with Crippen LogP contribution in [0.5, 0.6) is 0 Å². The van der Waals surface area contributed by atoms with Crippen molar-refractivity contribution in [3.05, 3.63) is 93.4 Å². The summed E-state index contributed by atoms with van der Waals surface area (Å²) in [6.45, 7) is 0. The third-order valence-corrected chi connectivity index (χ3v) is 6.00. The summed E-state index contributed by atoms with van der Waals surface area (Å²) in [7, 11) is 0. The van der Waals surface area contributed by atoms with Crippen LogP contribution in [0.1, 0.15) is 27.6 Å². The predicted molar refractivity (Wildman–Crippen MR) is 101 cm³/mol. The van der Waals surface area contributed by atoms with Gasteiger partial charge in [0, 0.05) is 29.4 Å². The molecule has 0 N–H and O–H groups in total. The Labute approximate surface area is 153 Å². The lowest BCUT2D eigenvalue weighted by atomic mass is 10.0. The second-order valence-electron chi connectivity index (χ2n) is 5.38. The minimum atomic E-state index is -0.407. The lowest BCUT2D eigenvalue weighted by Crippen LogP contribution is -2.05. The zero-order chi connectivity index (χ0) is 17.6. The number of nitro groups is 1. The Hall–Kier alpha value is -2.44. The Morgan fingerprint density at radius 3 is 2.56 bits per heavy atom. The zero-order valence-electron chi connectivity index (χ0n) is 13.2. The Balaban J connectivity index is 1.88. The third-order valence-electron chi connectivity index (χ3n) is 3.67. The molecule has 25 heavy (non-hydrogen) atoms. The molecule has 0 aliphatic heterocycles. The highest BCUT2D eigenvalue weighted by Gasteiger charge is 2.21. The molecule has 0 saturated carbocycles. The number of rotatable bonds is 7. The molecule has 0 spiro atoms. The van der Waals surface area contributed by atoms with Crippen LogP contribution in [-0.4, -0.2) is 10.7 Å². The summed E-state index contributed by atoms with van der Waals surface area (Å²) >= 11 is 3.16. The van der Waals surface area contributed by atoms with Crippen molar-refractivity contribution in [1.29, 1.82) is 0 Å². The molecule has 1 heterocycles. The van der Waals surface area contributed by atoms with Crippen molar-refractivity contribution in [1.82, 2.24) is 0 Å². The summed E-state index contributed by atoms with van der Waals surface area (Å²) in [4.78, 5) is 23.3. The molecule has 1 aromatic heterocycles. The van der Waals surface area contributed by atoms with Crippen LogP contribution in [-0.2, 0) is 0 Å². The second kappa shape index (κ2) is 8.09. The number of carbonyl (C=O) groups excluding carboxylic acids is 1. The summed E-state index contributed by atoms with van der Waals surface area (Å²) in [6.07, 6.45) is 0.285. The molecule has 0 aliphatic rings. The number of Topliss-reactive ketones (excluding diaryl/α,β-unsaturated/α-hetero) is 1. The monoisotopic (exact) mass is 369 g/mol. The van der Waals surface area contributed by atoms with Crippen LogP contribution in [0.3, 0.4) is 0 Å². The summed E-state index contributed by atoms with van der Waals surface area (Å²) in [5, 5.41) is 12.9. The Morgan fingerprint density at radius 1 is 1.08 bits per heavy atom. The van der Waals surface area contributed by atoms with E-state index in [0.717, 1.165) is 9.77 Å². The molecular formula is C19H15NO3S2. The van der Waals surface area contributed by atoms with Crippen LogP contribution in [0.2, 0.25) is 0 Å². The Morgan fingerprint density at radius 2 is 1.88 bits per heavy atom. The number of nitrogens with zero attached hydrogens (tertiary/aromatic N) is 1. The van der Waals surface area contributed by atoms with E-state index >= 15 is 0 Å². The van der Waals surface area contributed by atoms with Crippen LogP contribution in [0.4, 0.5) is 5.69 Å². The number of benzene rings is 2. The molecule has 4 nitrogen and oxygen atoms in total. The third kappa shape index (κ3) is 4.55. The number of carbonyl (C=O) groups is 1. The number of non-ortho nitro benzene ring substituents is 1. The number of ketones is 1. The molecule has 0 aliphatic carbocycles. The molecular weight excluding hydrogens is 354 g/mol. The zero-order valence-corrected chi connectivity index (χ0v) is 14.8. The summed E-state index contributed by atoms with van der Waals surface area (Å²) in [5.41, 5.74) is 1.49. The molecule has 1 atom stereocenters. The quantitative estimate of drug-likeness (QED) is 0.230. The summed E-state index contributed by atoms with van der Waals surface area (Å²) < 4.78 is 1.08. The SMILES string of the molecule is O=C(CC(Sc1cccs1)c1cccc([N+](=O)[O-])c1)c1ccccc1. The fourth-order valence-electron chi connectivity index (χ4n) is 2.45. The predicted octanol–water partition coefficient (Wildman–Crippen LogP) is 5.76. The second-order valence-corrected chi connectivity index (χ2v) is 7.83. The number of nitro benzene ring substituents is 1. The van der Waals surface area contributed by atoms with Gasteiger partial charge in [0.1, 0.15) is 0 Å². The summed E-state index contributed by atoms with van der Waals surface area (Å²) in [5.74, 6) is 0.0289. The van der Waals surface area contributed by atoms with Gasteiger partial charge in [0.15, 0.2) is 5.78 Å². The number of hydrogen-bond donors (Lipinski definition) is 0. The molecule has 0 radical (unpaired) electrons. The van der Waals surface area contributed by atoms with Gasteiger partial charge >= 0.3 is 0 Å². The molecule has 126 valence electrons. The van der Waals surface area contributed by atoms with E-state index in [2.05, 4.69) is 0 Å². The topological polar surface area (TPSA) is 60.2 Å². The van der Waals surface area contributed by atoms with Crippen LogP contribution < -0.4 is 0 Å². The molecule has 3 aromatic rings. The fraction of sp³-hybridized carbons (Fsp3) is 0.105. The lowest BCUT2D eigenvalue weighted by molar-refractivity contribution is -0.384. The van der Waals surface area contributed by atoms with E-state index in [4.69, 9.17) is 0 Å². The van der Waals surface area contributed by atoms with E-state index in [1.165, 1.54) is 6.07 Å². The van der Waals surface area contributed by atoms with Gasteiger partial charge in [0.05, 0.1) is 9.13 Å². The van der Waals surface area contributed by atoms with Crippen LogP contribution in [0.15, 0.2) is 76.3 Å². The van der Waals surface area contributed by atoms with Crippen LogP contribution in [0, 0.1) is 10.1 Å². The molecule has 6 heteroatoms. The van der Waals surface area contributed by atoms with Crippen molar-refractivity contribution in [3.8, 4) is 0 Å². The van der Waals surface area contributed by atoms with Crippen molar-refractivity contribution in [2.75, 3.05) is 0 Å². The Kier molecular flexibility index (Phi) is 5.63. The van der Waals surface area contributed by atoms with Gasteiger partial charge < -0.3 is 0 Å². The van der Waals surface area contributed by atoms with Crippen molar-refractivity contribution in [2.24, 2.45) is 0 Å². The van der Waals surface area contributed by atoms with Gasteiger partial charge in [-0.15, -0.1) is 23.1 Å². The smallest absolute Gasteiger partial charge is 0.269 e. The van der Waals surface area contributed by atoms with Gasteiger partial charge in [-0.1, -0.05) is 48.5 Å². The van der Waals surface area contributed by atoms with Crippen molar-refractivity contribution in [2.45, 2.75) is 15.9 Å². The number of thioether (sulfide) groups is 1. The summed E-state index contributed by atoms with van der Waals surface area (Å²) in [6, 6.07) is 19.6. The highest BCUT2D eigenvalue weighted by molar-refractivity contribution is 8.01. The van der Waals surface area contributed by atoms with Gasteiger partial charge in [-0.2, -0.15) is 0 Å². The molecule has 0 saturated heterocycles. The van der Waals surface area contributed by atoms with Crippen molar-refractivity contribution >= 4 is 34.6 Å². The van der Waals surface area contributed by atoms with Gasteiger partial charge in [-0.25, -0.2) is 0 Å². The van der Waals surface area contributed by atoms with Gasteiger partial charge in [0.25, 0.3) is 5.69 Å². The van der Waals surface area contributed by atoms with E-state index in [0.29, 0.717) is 5.56 Å². The van der Waals surface area contributed by atoms with E-state index in [1.54, 1.807) is 47.4 Å². The minimum Gasteiger partial charge on any atom is -0.294 e. The van der Waals surface area contributed by atoms with Crippen LogP contribution in [0.25, 0.3) is 0 Å². The molecule has 0 fully saturated rings. The standard InChI is InChI=1S/C19H15NO3S2/c21-17(14-6-2-1-3-7-14)13-18(25-19-10-5-11-24-19)15-8-4-9-16(12-15)20(22)23/h1-12,18H,13H2. The first kappa shape index (κ1) is 17.4. The average Bonchev–Trinajstić information content (AvgIpc) is 3.15. The number of thiophene rings is 1. The van der Waals surface area contributed by atoms with E-state index in [-0.39, 0.29) is 23.1 Å². The van der Waals surface area contributed by atoms with Crippen molar-refractivity contribution in [3.63, 3.8) is 0 Å². The normalized spacial score (nSPS) is 11.8. The lowest BCUT2D eigenvalue weighted by Gasteiger charge is -2.15. The van der Waals surface area contributed by atoms with E-state index in [1.807, 2.05) is 41.8 Å². The maximum Gasteiger partial charge on any atom is 0.269 e. The van der Waals surface area contributed by atoms with Crippen LogP contribution >= 0.6 is 23.1 Å².